The first-order chi connectivity index (χ1) is 8.77. The van der Waals surface area contributed by atoms with Crippen molar-refractivity contribution in [1.29, 1.82) is 0 Å². The van der Waals surface area contributed by atoms with Crippen LogP contribution in [0.4, 0.5) is 0 Å². The smallest absolute Gasteiger partial charge is 0.211 e. The zero-order chi connectivity index (χ0) is 12.5. The maximum Gasteiger partial charge on any atom is 0.211 e. The molecule has 1 aliphatic heterocycles. The third-order valence-electron chi connectivity index (χ3n) is 3.11. The van der Waals surface area contributed by atoms with Gasteiger partial charge in [0, 0.05) is 17.9 Å². The summed E-state index contributed by atoms with van der Waals surface area (Å²) in [5, 5.41) is 11.2. The van der Waals surface area contributed by atoms with Gasteiger partial charge in [-0.15, -0.1) is 10.7 Å². The molecule has 92 valence electrons. The van der Waals surface area contributed by atoms with E-state index >= 15 is 0 Å². The topological polar surface area (TPSA) is 55.1 Å². The lowest BCUT2D eigenvalue weighted by molar-refractivity contribution is 0.106. The summed E-state index contributed by atoms with van der Waals surface area (Å²) >= 11 is 0. The Morgan fingerprint density at radius 2 is 1.94 bits per heavy atom. The van der Waals surface area contributed by atoms with Gasteiger partial charge in [0.25, 0.3) is 0 Å². The Bertz CT molecular complexity index is 658. The predicted octanol–water partition coefficient (Wildman–Crippen LogP) is 1.90. The minimum atomic E-state index is -0.428. The van der Waals surface area contributed by atoms with Crippen LogP contribution in [-0.2, 0) is 0 Å². The highest BCUT2D eigenvalue weighted by atomic mass is 32.2. The summed E-state index contributed by atoms with van der Waals surface area (Å²) in [6, 6.07) is 13.7. The maximum atomic E-state index is 12.5. The number of rotatable bonds is 2. The van der Waals surface area contributed by atoms with Crippen LogP contribution in [0.25, 0.3) is 10.8 Å². The first-order valence-electron chi connectivity index (χ1n) is 5.86. The fourth-order valence-corrected chi connectivity index (χ4v) is 3.38. The van der Waals surface area contributed by atoms with Gasteiger partial charge in [-0.3, -0.25) is 15.3 Å². The molecule has 3 nitrogen and oxygen atoms in total. The number of nitrogens with two attached hydrogens (primary N) is 1. The Morgan fingerprint density at radius 1 is 1.17 bits per heavy atom. The molecule has 2 aromatic carbocycles. The van der Waals surface area contributed by atoms with Crippen LogP contribution >= 0.6 is 10.7 Å². The molecule has 4 heteroatoms. The van der Waals surface area contributed by atoms with Crippen LogP contribution in [0.2, 0.25) is 0 Å². The van der Waals surface area contributed by atoms with Crippen molar-refractivity contribution in [1.82, 2.24) is 5.32 Å². The Balaban J connectivity index is 2.15. The highest BCUT2D eigenvalue weighted by Gasteiger charge is 2.20. The van der Waals surface area contributed by atoms with Crippen LogP contribution in [0.1, 0.15) is 10.4 Å². The average molecular weight is 258 g/mol. The fraction of sp³-hybridized carbons (Fsp3) is 0.143. The van der Waals surface area contributed by atoms with Crippen LogP contribution in [0, 0.1) is 0 Å². The van der Waals surface area contributed by atoms with Gasteiger partial charge >= 0.3 is 0 Å². The monoisotopic (exact) mass is 258 g/mol. The highest BCUT2D eigenvalue weighted by Crippen LogP contribution is 2.21. The lowest BCUT2D eigenvalue weighted by Crippen LogP contribution is -2.27. The molecule has 0 spiro atoms. The number of ketones is 1. The Kier molecular flexibility index (Phi) is 2.99. The van der Waals surface area contributed by atoms with E-state index in [4.69, 9.17) is 5.14 Å². The second-order valence-electron chi connectivity index (χ2n) is 4.24. The van der Waals surface area contributed by atoms with Gasteiger partial charge in [0.15, 0.2) is 0 Å². The predicted molar refractivity (Wildman–Crippen MR) is 77.9 cm³/mol. The SMILES string of the molecule is NS1=C(C(=O)c2cccc3ccccc23)NCC1. The Hall–Kier alpha value is -1.49. The van der Waals surface area contributed by atoms with Gasteiger partial charge in [-0.25, -0.2) is 0 Å². The largest absolute Gasteiger partial charge is 0.287 e. The summed E-state index contributed by atoms with van der Waals surface area (Å²) < 4.78 is 0. The second-order valence-corrected chi connectivity index (χ2v) is 5.92. The van der Waals surface area contributed by atoms with Crippen molar-refractivity contribution in [3.05, 3.63) is 48.0 Å². The van der Waals surface area contributed by atoms with Crippen LogP contribution in [0.3, 0.4) is 0 Å². The van der Waals surface area contributed by atoms with Crippen LogP contribution < -0.4 is 10.5 Å². The number of hydrogen-bond acceptors (Lipinski definition) is 3. The van der Waals surface area contributed by atoms with E-state index in [0.717, 1.165) is 28.6 Å². The van der Waals surface area contributed by atoms with Gasteiger partial charge in [-0.2, -0.15) is 0 Å². The number of Topliss-reactive ketones (excluding diaryl/α,β-unsaturated/α-hetero) is 1. The van der Waals surface area contributed by atoms with Crippen molar-refractivity contribution < 1.29 is 4.79 Å². The zero-order valence-electron chi connectivity index (χ0n) is 9.85. The van der Waals surface area contributed by atoms with Crippen molar-refractivity contribution in [2.24, 2.45) is 5.14 Å². The molecular formula is C14H14N2OS. The molecular weight excluding hydrogens is 244 g/mol. The van der Waals surface area contributed by atoms with Crippen LogP contribution in [0.5, 0.6) is 0 Å². The molecule has 18 heavy (non-hydrogen) atoms. The van der Waals surface area contributed by atoms with Crippen molar-refractivity contribution >= 4 is 32.2 Å². The van der Waals surface area contributed by atoms with E-state index in [1.54, 1.807) is 0 Å². The van der Waals surface area contributed by atoms with E-state index in [1.807, 2.05) is 42.5 Å². The third-order valence-corrected chi connectivity index (χ3v) is 4.61. The number of fused-ring (bicyclic) bond motifs is 1. The molecule has 0 bridgehead atoms. The first kappa shape index (κ1) is 11.6. The highest BCUT2D eigenvalue weighted by molar-refractivity contribution is 8.15. The molecule has 0 amide bonds. The summed E-state index contributed by atoms with van der Waals surface area (Å²) in [6.07, 6.45) is 0. The molecule has 1 atom stereocenters. The van der Waals surface area contributed by atoms with Gasteiger partial charge in [-0.05, 0) is 10.8 Å². The molecule has 0 fully saturated rings. The third kappa shape index (κ3) is 1.88. The van der Waals surface area contributed by atoms with E-state index in [-0.39, 0.29) is 5.78 Å². The first-order valence-corrected chi connectivity index (χ1v) is 7.31. The summed E-state index contributed by atoms with van der Waals surface area (Å²) in [7, 11) is -0.428. The number of carbonyl (C=O) groups excluding carboxylic acids is 1. The van der Waals surface area contributed by atoms with Gasteiger partial charge in [0.1, 0.15) is 4.99 Å². The molecule has 0 aliphatic carbocycles. The molecule has 0 aromatic heterocycles. The molecule has 0 saturated carbocycles. The van der Waals surface area contributed by atoms with Crippen molar-refractivity contribution in [3.63, 3.8) is 0 Å². The minimum Gasteiger partial charge on any atom is -0.287 e. The lowest BCUT2D eigenvalue weighted by atomic mass is 10.0. The molecule has 1 unspecified atom stereocenters. The average Bonchev–Trinajstić information content (AvgIpc) is 2.83. The van der Waals surface area contributed by atoms with Crippen molar-refractivity contribution in [2.75, 3.05) is 12.3 Å². The Morgan fingerprint density at radius 3 is 2.72 bits per heavy atom. The van der Waals surface area contributed by atoms with Crippen LogP contribution in [-0.4, -0.2) is 23.1 Å². The lowest BCUT2D eigenvalue weighted by Gasteiger charge is -2.07. The maximum absolute atomic E-state index is 12.5. The molecule has 0 saturated heterocycles. The minimum absolute atomic E-state index is 0.0372. The molecule has 2 aromatic rings. The van der Waals surface area contributed by atoms with Crippen molar-refractivity contribution in [2.45, 2.75) is 0 Å². The molecule has 3 rings (SSSR count). The van der Waals surface area contributed by atoms with E-state index in [9.17, 15) is 4.79 Å². The van der Waals surface area contributed by atoms with Crippen molar-refractivity contribution in [3.8, 4) is 0 Å². The molecule has 1 aliphatic rings. The summed E-state index contributed by atoms with van der Waals surface area (Å²) in [5.41, 5.74) is 0.737. The summed E-state index contributed by atoms with van der Waals surface area (Å²) in [6.45, 7) is 0.797. The standard InChI is InChI=1S/C14H14N2OS/c15-18-9-8-16-14(18)13(17)12-7-3-5-10-4-1-2-6-11(10)12/h1-7,16H,8-9,15H2. The van der Waals surface area contributed by atoms with Gasteiger partial charge in [0.2, 0.25) is 5.78 Å². The zero-order valence-corrected chi connectivity index (χ0v) is 10.7. The quantitative estimate of drug-likeness (QED) is 0.639. The van der Waals surface area contributed by atoms with E-state index in [1.165, 1.54) is 0 Å². The number of nitrogens with one attached hydrogen (secondary N) is 1. The normalized spacial score (nSPS) is 19.4. The molecule has 3 N–H and O–H groups in total. The second kappa shape index (κ2) is 4.65. The van der Waals surface area contributed by atoms with E-state index in [0.29, 0.717) is 4.99 Å². The molecule has 1 heterocycles. The number of hydrogen-bond donors (Lipinski definition) is 2. The fourth-order valence-electron chi connectivity index (χ4n) is 2.21. The molecule has 0 radical (unpaired) electrons. The van der Waals surface area contributed by atoms with E-state index in [2.05, 4.69) is 5.32 Å². The summed E-state index contributed by atoms with van der Waals surface area (Å²) in [4.78, 5) is 13.2. The van der Waals surface area contributed by atoms with Crippen LogP contribution in [0.15, 0.2) is 42.5 Å². The van der Waals surface area contributed by atoms with Gasteiger partial charge in [0.05, 0.1) is 0 Å². The number of benzene rings is 2. The number of carbonyl (C=O) groups is 1. The van der Waals surface area contributed by atoms with Gasteiger partial charge in [-0.1, -0.05) is 42.5 Å². The van der Waals surface area contributed by atoms with Gasteiger partial charge < -0.3 is 0 Å². The summed E-state index contributed by atoms with van der Waals surface area (Å²) in [5.74, 6) is 0.890. The van der Waals surface area contributed by atoms with E-state index < -0.39 is 10.7 Å². The Labute approximate surface area is 108 Å².